The molecule has 0 aromatic heterocycles. The highest BCUT2D eigenvalue weighted by Crippen LogP contribution is 2.65. The second-order valence-electron chi connectivity index (χ2n) is 9.38. The third-order valence-corrected chi connectivity index (χ3v) is 7.84. The van der Waals surface area contributed by atoms with Gasteiger partial charge in [-0.15, -0.1) is 11.6 Å². The average Bonchev–Trinajstić information content (AvgIpc) is 3.10. The largest absolute Gasteiger partial charge is 0.459 e. The smallest absolute Gasteiger partial charge is 0.338 e. The number of hydrogen-bond donors (Lipinski definition) is 0. The lowest BCUT2D eigenvalue weighted by Gasteiger charge is -2.50. The van der Waals surface area contributed by atoms with Gasteiger partial charge < -0.3 is 4.74 Å². The molecule has 3 aliphatic carbocycles. The lowest BCUT2D eigenvalue weighted by atomic mass is 9.54. The summed E-state index contributed by atoms with van der Waals surface area (Å²) in [4.78, 5) is 40.4. The number of rotatable bonds is 3. The fourth-order valence-corrected chi connectivity index (χ4v) is 6.56. The van der Waals surface area contributed by atoms with Crippen LogP contribution in [-0.2, 0) is 19.2 Å². The molecule has 1 saturated heterocycles. The maximum Gasteiger partial charge on any atom is 0.338 e. The van der Waals surface area contributed by atoms with Crippen LogP contribution in [0.15, 0.2) is 72.8 Å². The fourth-order valence-electron chi connectivity index (χ4n) is 5.99. The summed E-state index contributed by atoms with van der Waals surface area (Å²) in [5.74, 6) is -2.73. The van der Waals surface area contributed by atoms with E-state index in [1.165, 1.54) is 4.90 Å². The normalized spacial score (nSPS) is 26.4. The Morgan fingerprint density at radius 3 is 2.15 bits per heavy atom. The highest BCUT2D eigenvalue weighted by Gasteiger charge is 2.68. The number of imide groups is 1. The van der Waals surface area contributed by atoms with Crippen molar-refractivity contribution < 1.29 is 19.1 Å². The lowest BCUT2D eigenvalue weighted by molar-refractivity contribution is -0.122. The number of amides is 2. The van der Waals surface area contributed by atoms with E-state index in [1.807, 2.05) is 48.5 Å². The van der Waals surface area contributed by atoms with Crippen molar-refractivity contribution >= 4 is 35.1 Å². The Hall–Kier alpha value is -3.44. The molecule has 1 aliphatic heterocycles. The summed E-state index contributed by atoms with van der Waals surface area (Å²) in [5, 5.41) is 0. The van der Waals surface area contributed by atoms with Gasteiger partial charge in [-0.2, -0.15) is 0 Å². The number of hydrogen-bond acceptors (Lipinski definition) is 4. The Labute approximate surface area is 202 Å². The Kier molecular flexibility index (Phi) is 4.52. The molecule has 0 N–H and O–H groups in total. The summed E-state index contributed by atoms with van der Waals surface area (Å²) >= 11 is 7.44. The maximum absolute atomic E-state index is 13.9. The van der Waals surface area contributed by atoms with Gasteiger partial charge in [-0.1, -0.05) is 54.6 Å². The van der Waals surface area contributed by atoms with E-state index in [4.69, 9.17) is 16.3 Å². The van der Waals surface area contributed by atoms with Gasteiger partial charge >= 0.3 is 5.97 Å². The van der Waals surface area contributed by atoms with Crippen LogP contribution in [0.5, 0.6) is 0 Å². The SMILES string of the molecule is CC(C)OC(=O)c1cccc(N2C(=O)[C@@H]3C4c5ccccc5C(Cl)(c5ccccc54)[C@H]3C2=O)c1. The molecule has 6 heteroatoms. The first-order chi connectivity index (χ1) is 16.3. The second kappa shape index (κ2) is 7.28. The Bertz CT molecular complexity index is 1330. The van der Waals surface area contributed by atoms with Gasteiger partial charge in [0.15, 0.2) is 0 Å². The maximum atomic E-state index is 13.9. The number of nitrogens with zero attached hydrogens (tertiary/aromatic N) is 1. The van der Waals surface area contributed by atoms with Crippen molar-refractivity contribution in [1.82, 2.24) is 0 Å². The summed E-state index contributed by atoms with van der Waals surface area (Å²) < 4.78 is 5.30. The zero-order valence-electron chi connectivity index (χ0n) is 18.7. The summed E-state index contributed by atoms with van der Waals surface area (Å²) in [6.45, 7) is 3.54. The molecule has 7 rings (SSSR count). The molecule has 0 saturated carbocycles. The predicted octanol–water partition coefficient (Wildman–Crippen LogP) is 5.00. The zero-order valence-corrected chi connectivity index (χ0v) is 19.5. The molecule has 4 aliphatic rings. The molecule has 5 nitrogen and oxygen atoms in total. The lowest BCUT2D eigenvalue weighted by Crippen LogP contribution is -2.50. The summed E-state index contributed by atoms with van der Waals surface area (Å²) in [6, 6.07) is 22.2. The molecule has 170 valence electrons. The summed E-state index contributed by atoms with van der Waals surface area (Å²) in [6.07, 6.45) is -0.280. The van der Waals surface area contributed by atoms with Gasteiger partial charge in [0.1, 0.15) is 4.87 Å². The van der Waals surface area contributed by atoms with Crippen molar-refractivity contribution in [3.05, 3.63) is 101 Å². The minimum Gasteiger partial charge on any atom is -0.459 e. The molecule has 3 aromatic carbocycles. The topological polar surface area (TPSA) is 63.7 Å². The molecule has 1 fully saturated rings. The van der Waals surface area contributed by atoms with Crippen LogP contribution in [0.1, 0.15) is 52.4 Å². The molecular formula is C28H22ClNO4. The number of benzene rings is 3. The number of carbonyl (C=O) groups excluding carboxylic acids is 3. The van der Waals surface area contributed by atoms with Gasteiger partial charge in [-0.25, -0.2) is 9.69 Å². The monoisotopic (exact) mass is 471 g/mol. The summed E-state index contributed by atoms with van der Waals surface area (Å²) in [7, 11) is 0. The summed E-state index contributed by atoms with van der Waals surface area (Å²) in [5.41, 5.74) is 4.41. The van der Waals surface area contributed by atoms with Crippen LogP contribution < -0.4 is 4.90 Å². The number of carbonyl (C=O) groups is 3. The molecule has 3 aromatic rings. The van der Waals surface area contributed by atoms with Crippen LogP contribution in [0.2, 0.25) is 0 Å². The van der Waals surface area contributed by atoms with Crippen molar-refractivity contribution in [2.24, 2.45) is 11.8 Å². The van der Waals surface area contributed by atoms with E-state index in [0.29, 0.717) is 5.69 Å². The molecular weight excluding hydrogens is 450 g/mol. The number of ether oxygens (including phenoxy) is 1. The second-order valence-corrected chi connectivity index (χ2v) is 9.98. The van der Waals surface area contributed by atoms with Crippen molar-refractivity contribution in [2.45, 2.75) is 30.7 Å². The first-order valence-electron chi connectivity index (χ1n) is 11.4. The van der Waals surface area contributed by atoms with Gasteiger partial charge in [-0.3, -0.25) is 9.59 Å². The minimum absolute atomic E-state index is 0.256. The van der Waals surface area contributed by atoms with Crippen LogP contribution in [-0.4, -0.2) is 23.9 Å². The van der Waals surface area contributed by atoms with E-state index in [-0.39, 0.29) is 29.4 Å². The average molecular weight is 472 g/mol. The van der Waals surface area contributed by atoms with Crippen molar-refractivity contribution in [3.8, 4) is 0 Å². The molecule has 0 radical (unpaired) electrons. The number of esters is 1. The van der Waals surface area contributed by atoms with Gasteiger partial charge in [-0.05, 0) is 54.3 Å². The third-order valence-electron chi connectivity index (χ3n) is 7.20. The van der Waals surface area contributed by atoms with E-state index < -0.39 is 22.7 Å². The fraction of sp³-hybridized carbons (Fsp3) is 0.250. The van der Waals surface area contributed by atoms with Crippen LogP contribution in [0.25, 0.3) is 0 Å². The Morgan fingerprint density at radius 1 is 0.912 bits per heavy atom. The highest BCUT2D eigenvalue weighted by atomic mass is 35.5. The zero-order chi connectivity index (χ0) is 23.8. The number of anilines is 1. The molecule has 2 amide bonds. The van der Waals surface area contributed by atoms with Gasteiger partial charge in [0.2, 0.25) is 11.8 Å². The van der Waals surface area contributed by atoms with E-state index in [9.17, 15) is 14.4 Å². The standard InChI is InChI=1S/C28H22ClNO4/c1-15(2)34-27(33)16-8-7-9-17(14-16)30-25(31)23-22-18-10-3-5-12-20(18)28(29,24(23)26(30)32)21-13-6-4-11-19(21)22/h3-15,22-24H,1-2H3/t22?,23-,24-,28?/m1/s1. The van der Waals surface area contributed by atoms with Gasteiger partial charge in [0.25, 0.3) is 0 Å². The molecule has 2 bridgehead atoms. The van der Waals surface area contributed by atoms with Gasteiger partial charge in [0.05, 0.1) is 29.2 Å². The Balaban J connectivity index is 1.49. The number of halogens is 1. The quantitative estimate of drug-likeness (QED) is 0.306. The van der Waals surface area contributed by atoms with Crippen LogP contribution in [0, 0.1) is 11.8 Å². The molecule has 0 spiro atoms. The highest BCUT2D eigenvalue weighted by molar-refractivity contribution is 6.33. The molecule has 1 heterocycles. The minimum atomic E-state index is -1.14. The van der Waals surface area contributed by atoms with Crippen LogP contribution in [0.4, 0.5) is 5.69 Å². The third kappa shape index (κ3) is 2.65. The van der Waals surface area contributed by atoms with E-state index >= 15 is 0 Å². The van der Waals surface area contributed by atoms with Gasteiger partial charge in [0, 0.05) is 5.92 Å². The van der Waals surface area contributed by atoms with Crippen molar-refractivity contribution in [2.75, 3.05) is 4.90 Å². The first kappa shape index (κ1) is 21.1. The Morgan fingerprint density at radius 2 is 1.53 bits per heavy atom. The van der Waals surface area contributed by atoms with Crippen LogP contribution in [0.3, 0.4) is 0 Å². The number of alkyl halides is 1. The molecule has 0 unspecified atom stereocenters. The molecule has 2 atom stereocenters. The van der Waals surface area contributed by atoms with E-state index in [1.54, 1.807) is 38.1 Å². The predicted molar refractivity (Wildman–Crippen MR) is 128 cm³/mol. The molecule has 34 heavy (non-hydrogen) atoms. The van der Waals surface area contributed by atoms with E-state index in [0.717, 1.165) is 22.3 Å². The van der Waals surface area contributed by atoms with Crippen LogP contribution >= 0.6 is 11.6 Å². The first-order valence-corrected chi connectivity index (χ1v) is 11.8. The van der Waals surface area contributed by atoms with Crippen molar-refractivity contribution in [3.63, 3.8) is 0 Å². The van der Waals surface area contributed by atoms with E-state index in [2.05, 4.69) is 0 Å². The van der Waals surface area contributed by atoms with Crippen molar-refractivity contribution in [1.29, 1.82) is 0 Å².